The van der Waals surface area contributed by atoms with Crippen molar-refractivity contribution in [3.05, 3.63) is 0 Å². The molecule has 0 aliphatic carbocycles. The molecule has 0 fully saturated rings. The van der Waals surface area contributed by atoms with Crippen molar-refractivity contribution in [2.75, 3.05) is 0 Å². The van der Waals surface area contributed by atoms with Crippen molar-refractivity contribution in [1.29, 1.82) is 0 Å². The summed E-state index contributed by atoms with van der Waals surface area (Å²) in [5, 5.41) is 6.34. The standard InChI is InChI=1S/C24H52Ge/c1-5-9-10-11-12-13-14-15-16-17-18-19-20-21-22-23-24-25(6-2,7-3)8-4/h5-24H2,1-4H3. The van der Waals surface area contributed by atoms with Gasteiger partial charge in [0.15, 0.2) is 0 Å². The van der Waals surface area contributed by atoms with Crippen LogP contribution in [-0.2, 0) is 0 Å². The molecular weight excluding hydrogens is 361 g/mol. The van der Waals surface area contributed by atoms with Crippen molar-refractivity contribution in [3.63, 3.8) is 0 Å². The SMILES string of the molecule is CCCCCCCCCCCCCCCCC[CH2][Ge]([CH2]C)([CH2]C)[CH2]C. The van der Waals surface area contributed by atoms with E-state index >= 15 is 0 Å². The summed E-state index contributed by atoms with van der Waals surface area (Å²) in [5.41, 5.74) is 0. The fourth-order valence-corrected chi connectivity index (χ4v) is 11.8. The zero-order valence-corrected chi connectivity index (χ0v) is 20.7. The number of hydrogen-bond acceptors (Lipinski definition) is 0. The van der Waals surface area contributed by atoms with Crippen LogP contribution in [0.1, 0.15) is 130 Å². The van der Waals surface area contributed by atoms with Gasteiger partial charge in [-0.1, -0.05) is 39.0 Å². The molecule has 0 bridgehead atoms. The molecule has 0 N–H and O–H groups in total. The van der Waals surface area contributed by atoms with Crippen LogP contribution < -0.4 is 0 Å². The van der Waals surface area contributed by atoms with Crippen LogP contribution in [0.25, 0.3) is 0 Å². The van der Waals surface area contributed by atoms with E-state index < -0.39 is 13.3 Å². The monoisotopic (exact) mass is 414 g/mol. The summed E-state index contributed by atoms with van der Waals surface area (Å²) < 4.78 is 0. The Bertz CT molecular complexity index is 236. The first kappa shape index (κ1) is 25.5. The average molecular weight is 413 g/mol. The third kappa shape index (κ3) is 15.3. The van der Waals surface area contributed by atoms with Crippen molar-refractivity contribution in [1.82, 2.24) is 0 Å². The van der Waals surface area contributed by atoms with Crippen molar-refractivity contribution in [2.45, 2.75) is 151 Å². The molecule has 0 aromatic heterocycles. The van der Waals surface area contributed by atoms with E-state index in [1.54, 1.807) is 27.4 Å². The summed E-state index contributed by atoms with van der Waals surface area (Å²) in [7, 11) is 0. The van der Waals surface area contributed by atoms with Crippen LogP contribution in [0.5, 0.6) is 0 Å². The van der Waals surface area contributed by atoms with Crippen LogP contribution in [0, 0.1) is 0 Å². The van der Waals surface area contributed by atoms with Gasteiger partial charge in [0.1, 0.15) is 0 Å². The van der Waals surface area contributed by atoms with Crippen molar-refractivity contribution < 1.29 is 0 Å². The van der Waals surface area contributed by atoms with Gasteiger partial charge in [0.05, 0.1) is 0 Å². The second-order valence-corrected chi connectivity index (χ2v) is 20.4. The van der Waals surface area contributed by atoms with Crippen LogP contribution >= 0.6 is 0 Å². The minimum absolute atomic E-state index is 1.35. The molecule has 0 radical (unpaired) electrons. The Balaban J connectivity index is 3.21. The third-order valence-corrected chi connectivity index (χ3v) is 19.2. The van der Waals surface area contributed by atoms with Crippen LogP contribution in [-0.4, -0.2) is 13.3 Å². The summed E-state index contributed by atoms with van der Waals surface area (Å²) in [5.74, 6) is 0. The molecule has 0 heterocycles. The molecule has 0 aliphatic heterocycles. The molecule has 0 rings (SSSR count). The Morgan fingerprint density at radius 1 is 0.360 bits per heavy atom. The molecule has 1 heteroatoms. The van der Waals surface area contributed by atoms with E-state index in [1.165, 1.54) is 96.3 Å². The number of rotatable bonds is 20. The van der Waals surface area contributed by atoms with Gasteiger partial charge in [-0.05, 0) is 0 Å². The van der Waals surface area contributed by atoms with E-state index in [-0.39, 0.29) is 0 Å². The average Bonchev–Trinajstić information content (AvgIpc) is 2.65. The molecular formula is C24H52Ge. The summed E-state index contributed by atoms with van der Waals surface area (Å²) in [6, 6.07) is 0. The van der Waals surface area contributed by atoms with Crippen LogP contribution in [0.2, 0.25) is 21.0 Å². The number of hydrogen-bond donors (Lipinski definition) is 0. The molecule has 0 spiro atoms. The predicted molar refractivity (Wildman–Crippen MR) is 122 cm³/mol. The molecule has 0 atom stereocenters. The topological polar surface area (TPSA) is 0 Å². The summed E-state index contributed by atoms with van der Waals surface area (Å²) in [6.45, 7) is 9.72. The van der Waals surface area contributed by atoms with E-state index in [0.717, 1.165) is 0 Å². The van der Waals surface area contributed by atoms with Gasteiger partial charge in [0.2, 0.25) is 0 Å². The van der Waals surface area contributed by atoms with E-state index in [0.29, 0.717) is 0 Å². The van der Waals surface area contributed by atoms with E-state index in [2.05, 4.69) is 27.7 Å². The molecule has 0 saturated heterocycles. The first-order valence-corrected chi connectivity index (χ1v) is 18.2. The second kappa shape index (κ2) is 19.3. The molecule has 0 aromatic rings. The predicted octanol–water partition coefficient (Wildman–Crippen LogP) is 9.76. The Hall–Kier alpha value is 0.543. The fourth-order valence-electron chi connectivity index (χ4n) is 4.33. The third-order valence-electron chi connectivity index (χ3n) is 6.81. The van der Waals surface area contributed by atoms with Crippen molar-refractivity contribution in [2.24, 2.45) is 0 Å². The summed E-state index contributed by atoms with van der Waals surface area (Å²) in [6.07, 6.45) is 23.8. The summed E-state index contributed by atoms with van der Waals surface area (Å²) in [4.78, 5) is 0. The zero-order valence-electron chi connectivity index (χ0n) is 18.6. The van der Waals surface area contributed by atoms with Gasteiger partial charge in [0.25, 0.3) is 0 Å². The molecule has 0 nitrogen and oxygen atoms in total. The van der Waals surface area contributed by atoms with Crippen LogP contribution in [0.4, 0.5) is 0 Å². The molecule has 152 valence electrons. The minimum atomic E-state index is -1.35. The van der Waals surface area contributed by atoms with Crippen molar-refractivity contribution >= 4 is 13.3 Å². The Kier molecular flexibility index (Phi) is 19.7. The quantitative estimate of drug-likeness (QED) is 0.138. The van der Waals surface area contributed by atoms with E-state index in [1.807, 2.05) is 0 Å². The first-order valence-electron chi connectivity index (χ1n) is 12.2. The maximum absolute atomic E-state index is 2.47. The molecule has 25 heavy (non-hydrogen) atoms. The summed E-state index contributed by atoms with van der Waals surface area (Å²) >= 11 is -1.35. The van der Waals surface area contributed by atoms with E-state index in [9.17, 15) is 0 Å². The molecule has 0 saturated carbocycles. The normalized spacial score (nSPS) is 12.0. The Labute approximate surface area is 164 Å². The zero-order chi connectivity index (χ0) is 18.6. The van der Waals surface area contributed by atoms with Gasteiger partial charge in [-0.2, -0.15) is 0 Å². The maximum atomic E-state index is 2.47. The Morgan fingerprint density at radius 3 is 0.920 bits per heavy atom. The van der Waals surface area contributed by atoms with Gasteiger partial charge < -0.3 is 0 Å². The van der Waals surface area contributed by atoms with Crippen molar-refractivity contribution in [3.8, 4) is 0 Å². The van der Waals surface area contributed by atoms with Gasteiger partial charge in [0, 0.05) is 0 Å². The van der Waals surface area contributed by atoms with Gasteiger partial charge in [-0.15, -0.1) is 0 Å². The number of unbranched alkanes of at least 4 members (excludes halogenated alkanes) is 15. The Morgan fingerprint density at radius 2 is 0.640 bits per heavy atom. The van der Waals surface area contributed by atoms with Gasteiger partial charge in [-0.25, -0.2) is 0 Å². The van der Waals surface area contributed by atoms with E-state index in [4.69, 9.17) is 0 Å². The molecule has 0 aliphatic rings. The second-order valence-electron chi connectivity index (χ2n) is 8.61. The van der Waals surface area contributed by atoms with Crippen LogP contribution in [0.3, 0.4) is 0 Å². The fraction of sp³-hybridized carbons (Fsp3) is 1.00. The molecule has 0 unspecified atom stereocenters. The first-order chi connectivity index (χ1) is 12.2. The molecule has 0 amide bonds. The molecule has 0 aromatic carbocycles. The van der Waals surface area contributed by atoms with Gasteiger partial charge in [-0.3, -0.25) is 0 Å². The van der Waals surface area contributed by atoms with Gasteiger partial charge >= 0.3 is 126 Å². The van der Waals surface area contributed by atoms with Crippen LogP contribution in [0.15, 0.2) is 0 Å².